The van der Waals surface area contributed by atoms with Gasteiger partial charge in [-0.05, 0) is 129 Å². The predicted octanol–water partition coefficient (Wildman–Crippen LogP) is 17.0. The van der Waals surface area contributed by atoms with Crippen LogP contribution in [0.3, 0.4) is 0 Å². The van der Waals surface area contributed by atoms with Gasteiger partial charge in [-0.1, -0.05) is 158 Å². The van der Waals surface area contributed by atoms with Crippen LogP contribution in [0.2, 0.25) is 0 Å². The summed E-state index contributed by atoms with van der Waals surface area (Å²) in [6, 6.07) is 78.2. The molecule has 1 aliphatic carbocycles. The minimum absolute atomic E-state index is 0.266. The number of rotatable bonds is 7. The Kier molecular flexibility index (Phi) is 8.94. The molecule has 12 rings (SSSR count). The molecule has 1 atom stereocenters. The molecule has 0 N–H and O–H groups in total. The van der Waals surface area contributed by atoms with E-state index in [-0.39, 0.29) is 6.04 Å². The third-order valence-electron chi connectivity index (χ3n) is 12.8. The molecule has 11 aromatic rings. The van der Waals surface area contributed by atoms with Crippen molar-refractivity contribution in [1.82, 2.24) is 4.57 Å². The van der Waals surface area contributed by atoms with Crippen LogP contribution in [0.1, 0.15) is 29.3 Å². The number of para-hydroxylation sites is 1. The van der Waals surface area contributed by atoms with Crippen molar-refractivity contribution in [2.75, 3.05) is 4.90 Å². The van der Waals surface area contributed by atoms with E-state index in [9.17, 15) is 0 Å². The van der Waals surface area contributed by atoms with Gasteiger partial charge in [-0.3, -0.25) is 0 Å². The van der Waals surface area contributed by atoms with Crippen LogP contribution in [0.4, 0.5) is 17.1 Å². The van der Waals surface area contributed by atoms with Gasteiger partial charge in [0, 0.05) is 53.8 Å². The van der Waals surface area contributed by atoms with E-state index in [1.165, 1.54) is 86.5 Å². The molecule has 2 heterocycles. The second-order valence-corrected chi connectivity index (χ2v) is 17.5. The van der Waals surface area contributed by atoms with Crippen molar-refractivity contribution in [3.05, 3.63) is 229 Å². The lowest BCUT2D eigenvalue weighted by atomic mass is 9.97. The van der Waals surface area contributed by atoms with E-state index in [2.05, 4.69) is 234 Å². The van der Waals surface area contributed by atoms with Crippen molar-refractivity contribution in [1.29, 1.82) is 0 Å². The molecule has 3 heteroatoms. The fraction of sp³-hybridized carbons (Fsp3) is 0.0508. The number of hydrogen-bond donors (Lipinski definition) is 0. The first-order valence-corrected chi connectivity index (χ1v) is 22.4. The van der Waals surface area contributed by atoms with Crippen molar-refractivity contribution in [2.24, 2.45) is 0 Å². The Balaban J connectivity index is 0.899. The molecule has 1 aliphatic rings. The summed E-state index contributed by atoms with van der Waals surface area (Å²) < 4.78 is 4.00. The van der Waals surface area contributed by atoms with Gasteiger partial charge in [-0.15, -0.1) is 11.3 Å². The molecule has 0 bridgehead atoms. The highest BCUT2D eigenvalue weighted by Crippen LogP contribution is 2.46. The molecule has 0 amide bonds. The van der Waals surface area contributed by atoms with Crippen LogP contribution >= 0.6 is 11.3 Å². The number of anilines is 3. The fourth-order valence-corrected chi connectivity index (χ4v) is 11.1. The maximum Gasteiger partial charge on any atom is 0.0694 e. The van der Waals surface area contributed by atoms with Gasteiger partial charge in [-0.25, -0.2) is 0 Å². The summed E-state index contributed by atoms with van der Waals surface area (Å²) in [7, 11) is 0. The minimum atomic E-state index is 0.266. The Morgan fingerprint density at radius 2 is 1.00 bits per heavy atom. The van der Waals surface area contributed by atoms with Gasteiger partial charge >= 0.3 is 0 Å². The van der Waals surface area contributed by atoms with Crippen molar-refractivity contribution >= 4 is 77.1 Å². The van der Waals surface area contributed by atoms with Crippen LogP contribution in [0.15, 0.2) is 218 Å². The Labute approximate surface area is 365 Å². The molecule has 0 saturated carbocycles. The largest absolute Gasteiger partial charge is 0.332 e. The van der Waals surface area contributed by atoms with E-state index >= 15 is 0 Å². The summed E-state index contributed by atoms with van der Waals surface area (Å²) >= 11 is 1.96. The zero-order valence-electron chi connectivity index (χ0n) is 34.2. The molecule has 2 aromatic heterocycles. The van der Waals surface area contributed by atoms with Crippen LogP contribution < -0.4 is 4.90 Å². The maximum atomic E-state index is 2.63. The molecule has 0 radical (unpaired) electrons. The topological polar surface area (TPSA) is 8.17 Å². The quantitative estimate of drug-likeness (QED) is 0.156. The second kappa shape index (κ2) is 15.2. The van der Waals surface area contributed by atoms with E-state index in [1.54, 1.807) is 0 Å². The lowest BCUT2D eigenvalue weighted by Gasteiger charge is -2.26. The maximum absolute atomic E-state index is 2.63. The van der Waals surface area contributed by atoms with Crippen LogP contribution in [-0.4, -0.2) is 4.57 Å². The number of allylic oxidation sites excluding steroid dienone is 1. The summed E-state index contributed by atoms with van der Waals surface area (Å²) in [6.07, 6.45) is 6.87. The van der Waals surface area contributed by atoms with Crippen LogP contribution in [-0.2, 0) is 0 Å². The molecule has 0 spiro atoms. The number of hydrogen-bond acceptors (Lipinski definition) is 2. The highest BCUT2D eigenvalue weighted by molar-refractivity contribution is 7.19. The van der Waals surface area contributed by atoms with Gasteiger partial charge in [0.25, 0.3) is 0 Å². The average molecular weight is 811 g/mol. The van der Waals surface area contributed by atoms with E-state index in [1.807, 2.05) is 11.3 Å². The number of fused-ring (bicyclic) bond motifs is 7. The number of aromatic nitrogens is 1. The summed E-state index contributed by atoms with van der Waals surface area (Å²) in [5.41, 5.74) is 14.6. The average Bonchev–Trinajstić information content (AvgIpc) is 3.79. The third-order valence-corrected chi connectivity index (χ3v) is 14.0. The summed E-state index contributed by atoms with van der Waals surface area (Å²) in [6.45, 7) is 0. The van der Waals surface area contributed by atoms with Crippen LogP contribution in [0.25, 0.3) is 82.1 Å². The number of benzene rings is 9. The number of thiophene rings is 1. The van der Waals surface area contributed by atoms with Crippen LogP contribution in [0, 0.1) is 0 Å². The molecule has 0 aliphatic heterocycles. The van der Waals surface area contributed by atoms with Gasteiger partial charge in [0.15, 0.2) is 0 Å². The molecule has 2 nitrogen and oxygen atoms in total. The summed E-state index contributed by atoms with van der Waals surface area (Å²) in [5, 5.41) is 6.43. The monoisotopic (exact) mass is 810 g/mol. The first kappa shape index (κ1) is 36.4. The molecule has 62 heavy (non-hydrogen) atoms. The molecule has 1 unspecified atom stereocenters. The Hall–Kier alpha value is -7.46. The smallest absolute Gasteiger partial charge is 0.0694 e. The number of nitrogens with zero attached hydrogens (tertiary/aromatic N) is 2. The first-order valence-electron chi connectivity index (χ1n) is 21.6. The third kappa shape index (κ3) is 6.33. The Morgan fingerprint density at radius 1 is 0.419 bits per heavy atom. The zero-order valence-corrected chi connectivity index (χ0v) is 35.0. The molecular formula is C59H42N2S. The lowest BCUT2D eigenvalue weighted by Crippen LogP contribution is -2.09. The van der Waals surface area contributed by atoms with Crippen molar-refractivity contribution < 1.29 is 0 Å². The summed E-state index contributed by atoms with van der Waals surface area (Å²) in [4.78, 5) is 3.83. The van der Waals surface area contributed by atoms with E-state index in [0.29, 0.717) is 0 Å². The minimum Gasteiger partial charge on any atom is -0.332 e. The molecule has 9 aromatic carbocycles. The lowest BCUT2D eigenvalue weighted by molar-refractivity contribution is 0.589. The van der Waals surface area contributed by atoms with Gasteiger partial charge in [0.1, 0.15) is 0 Å². The fourth-order valence-electron chi connectivity index (χ4n) is 9.73. The molecule has 0 fully saturated rings. The van der Waals surface area contributed by atoms with E-state index in [4.69, 9.17) is 0 Å². The van der Waals surface area contributed by atoms with Gasteiger partial charge < -0.3 is 9.47 Å². The normalized spacial score (nSPS) is 13.8. The van der Waals surface area contributed by atoms with E-state index in [0.717, 1.165) is 29.9 Å². The van der Waals surface area contributed by atoms with Crippen molar-refractivity contribution in [3.8, 4) is 33.4 Å². The standard InChI is InChI=1S/C59H42N2S/c1-2-13-40(14-3-1)42-25-31-48(32-26-42)60(50-35-29-41-15-4-5-16-46(41)38-50)49-33-27-43(28-34-49)44-17-12-18-45(37-44)47-30-36-56-54(39-47)51-19-6-9-22-55(51)61(56)57-23-10-7-21-53-52-20-8-11-24-58(52)62-59(53)57/h1-9,11-22,24-39,57H,10,23H2. The first-order chi connectivity index (χ1) is 30.7. The second-order valence-electron chi connectivity index (χ2n) is 16.4. The molecular weight excluding hydrogens is 769 g/mol. The van der Waals surface area contributed by atoms with Gasteiger partial charge in [0.2, 0.25) is 0 Å². The van der Waals surface area contributed by atoms with E-state index < -0.39 is 0 Å². The van der Waals surface area contributed by atoms with Gasteiger partial charge in [0.05, 0.1) is 6.04 Å². The Morgan fingerprint density at radius 3 is 1.81 bits per heavy atom. The van der Waals surface area contributed by atoms with Crippen molar-refractivity contribution in [2.45, 2.75) is 18.9 Å². The van der Waals surface area contributed by atoms with Crippen LogP contribution in [0.5, 0.6) is 0 Å². The van der Waals surface area contributed by atoms with Crippen molar-refractivity contribution in [3.63, 3.8) is 0 Å². The zero-order chi connectivity index (χ0) is 41.0. The predicted molar refractivity (Wildman–Crippen MR) is 266 cm³/mol. The molecule has 294 valence electrons. The highest BCUT2D eigenvalue weighted by atomic mass is 32.1. The SMILES string of the molecule is C1=Cc2c(sc3ccccc23)C(n2c3ccccc3c3cc(-c4cccc(-c5ccc(N(c6ccc(-c7ccccc7)cc6)c6ccc7ccccc7c6)cc5)c4)ccc32)CC1. The Bertz CT molecular complexity index is 3460. The molecule has 0 saturated heterocycles. The summed E-state index contributed by atoms with van der Waals surface area (Å²) in [5.74, 6) is 0. The highest BCUT2D eigenvalue weighted by Gasteiger charge is 2.26. The van der Waals surface area contributed by atoms with Gasteiger partial charge in [-0.2, -0.15) is 0 Å².